The van der Waals surface area contributed by atoms with E-state index in [1.807, 2.05) is 53.0 Å². The number of likely N-dealkylation sites (tertiary alicyclic amines) is 1. The quantitative estimate of drug-likeness (QED) is 0.121. The third-order valence-corrected chi connectivity index (χ3v) is 16.4. The highest BCUT2D eigenvalue weighted by molar-refractivity contribution is 7.86. The van der Waals surface area contributed by atoms with Crippen molar-refractivity contribution in [2.24, 2.45) is 17.3 Å². The van der Waals surface area contributed by atoms with E-state index < -0.39 is 69.2 Å². The molecule has 7 rings (SSSR count). The van der Waals surface area contributed by atoms with Crippen LogP contribution in [-0.2, 0) is 24.6 Å². The topological polar surface area (TPSA) is 225 Å². The van der Waals surface area contributed by atoms with Gasteiger partial charge < -0.3 is 40.7 Å². The first-order valence-corrected chi connectivity index (χ1v) is 25.5. The lowest BCUT2D eigenvalue weighted by Crippen LogP contribution is -2.61. The van der Waals surface area contributed by atoms with E-state index >= 15 is 4.79 Å². The summed E-state index contributed by atoms with van der Waals surface area (Å²) in [4.78, 5) is 67.7. The normalized spacial score (nSPS) is 24.7. The monoisotopic (exact) mass is 953 g/mol. The Labute approximate surface area is 392 Å². The number of amides is 4. The minimum absolute atomic E-state index is 0.0276. The number of thiazole rings is 1. The first kappa shape index (κ1) is 49.1. The van der Waals surface area contributed by atoms with E-state index in [0.29, 0.717) is 72.6 Å². The fourth-order valence-corrected chi connectivity index (χ4v) is 11.9. The molecular weight excluding hydrogens is 887 g/mol. The molecule has 0 spiro atoms. The van der Waals surface area contributed by atoms with E-state index in [4.69, 9.17) is 19.4 Å². The van der Waals surface area contributed by atoms with Crippen molar-refractivity contribution in [3.05, 3.63) is 29.6 Å². The van der Waals surface area contributed by atoms with Gasteiger partial charge in [-0.1, -0.05) is 53.4 Å². The number of aliphatic carboxylic acids is 1. The molecule has 0 bridgehead atoms. The standard InChI is InChI=1S/C46H67N9O9S2/c1-9-29-23-46(29,42(58)59)52-40(56)36-21-31(64-37-22-34(35-26-65-44(49-35)47-27(2)3)48-33-20-30(63-8)16-17-32(33)37)24-55(36)41(57)39(28-14-11-10-12-15-28)51-43(60)50-38(45(4,5)6)25-54-19-13-18-53(7)66(54,61)62/h16-17,20,22,26-29,31,36,38-39H,9-15,18-19,21,23-25H2,1-8H3,(H,47,49)(H,52,56)(H,58,59)(H2,50,51,60)/t29?,31-,36+,38?,39+,46-/m1/s1. The lowest BCUT2D eigenvalue weighted by atomic mass is 9.83. The number of fused-ring (bicyclic) bond motifs is 1. The number of hydrogen-bond acceptors (Lipinski definition) is 12. The Hall–Kier alpha value is -4.79. The second kappa shape index (κ2) is 19.8. The summed E-state index contributed by atoms with van der Waals surface area (Å²) >= 11 is 1.45. The van der Waals surface area contributed by atoms with Crippen LogP contribution in [0.15, 0.2) is 29.6 Å². The first-order valence-electron chi connectivity index (χ1n) is 23.3. The van der Waals surface area contributed by atoms with Crippen molar-refractivity contribution >= 4 is 61.4 Å². The van der Waals surface area contributed by atoms with E-state index in [2.05, 4.69) is 21.3 Å². The van der Waals surface area contributed by atoms with Crippen LogP contribution in [0.25, 0.3) is 22.3 Å². The van der Waals surface area contributed by atoms with Gasteiger partial charge in [0.05, 0.1) is 24.9 Å². The van der Waals surface area contributed by atoms with Crippen LogP contribution in [0.2, 0.25) is 0 Å². The number of ether oxygens (including phenoxy) is 2. The molecule has 5 N–H and O–H groups in total. The van der Waals surface area contributed by atoms with Gasteiger partial charge in [0.2, 0.25) is 11.8 Å². The third kappa shape index (κ3) is 10.7. The second-order valence-corrected chi connectivity index (χ2v) is 22.6. The molecule has 2 aliphatic heterocycles. The van der Waals surface area contributed by atoms with Gasteiger partial charge in [0.1, 0.15) is 40.9 Å². The van der Waals surface area contributed by atoms with E-state index in [-0.39, 0.29) is 43.8 Å². The van der Waals surface area contributed by atoms with Crippen LogP contribution >= 0.6 is 11.3 Å². The van der Waals surface area contributed by atoms with Crippen LogP contribution in [0, 0.1) is 17.3 Å². The molecule has 3 aromatic rings. The summed E-state index contributed by atoms with van der Waals surface area (Å²) in [7, 11) is -0.605. The minimum atomic E-state index is -3.72. The number of carboxylic acids is 1. The summed E-state index contributed by atoms with van der Waals surface area (Å²) in [5.41, 5.74) is -0.241. The summed E-state index contributed by atoms with van der Waals surface area (Å²) in [6, 6.07) is 4.01. The number of nitrogens with zero attached hydrogens (tertiary/aromatic N) is 5. The Morgan fingerprint density at radius 1 is 1.02 bits per heavy atom. The highest BCUT2D eigenvalue weighted by Crippen LogP contribution is 2.46. The number of hydrogen-bond donors (Lipinski definition) is 5. The average Bonchev–Trinajstić information content (AvgIpc) is 3.53. The molecular formula is C46H67N9O9S2. The van der Waals surface area contributed by atoms with Crippen molar-refractivity contribution in [2.75, 3.05) is 45.7 Å². The zero-order valence-electron chi connectivity index (χ0n) is 39.4. The fraction of sp³-hybridized carbons (Fsp3) is 0.652. The summed E-state index contributed by atoms with van der Waals surface area (Å²) in [5.74, 6) is -1.66. The zero-order valence-corrected chi connectivity index (χ0v) is 41.0. The number of carbonyl (C=O) groups is 4. The van der Waals surface area contributed by atoms with Gasteiger partial charge in [0.15, 0.2) is 5.13 Å². The van der Waals surface area contributed by atoms with Gasteiger partial charge >= 0.3 is 12.0 Å². The van der Waals surface area contributed by atoms with Crippen molar-refractivity contribution in [2.45, 2.75) is 135 Å². The molecule has 20 heteroatoms. The van der Waals surface area contributed by atoms with Crippen LogP contribution in [0.3, 0.4) is 0 Å². The van der Waals surface area contributed by atoms with Crippen molar-refractivity contribution in [1.29, 1.82) is 0 Å². The maximum Gasteiger partial charge on any atom is 0.329 e. The van der Waals surface area contributed by atoms with Crippen molar-refractivity contribution in [1.82, 2.24) is 39.4 Å². The summed E-state index contributed by atoms with van der Waals surface area (Å²) in [5, 5.41) is 25.8. The molecule has 2 saturated heterocycles. The molecule has 4 amide bonds. The van der Waals surface area contributed by atoms with E-state index in [9.17, 15) is 27.9 Å². The van der Waals surface area contributed by atoms with Crippen LogP contribution in [0.5, 0.6) is 11.5 Å². The predicted molar refractivity (Wildman–Crippen MR) is 253 cm³/mol. The van der Waals surface area contributed by atoms with Crippen molar-refractivity contribution < 1.29 is 42.2 Å². The van der Waals surface area contributed by atoms with Crippen LogP contribution in [-0.4, -0.2) is 137 Å². The van der Waals surface area contributed by atoms with E-state index in [1.54, 1.807) is 32.4 Å². The van der Waals surface area contributed by atoms with Gasteiger partial charge in [0, 0.05) is 68.1 Å². The Morgan fingerprint density at radius 3 is 2.41 bits per heavy atom. The second-order valence-electron chi connectivity index (χ2n) is 19.7. The molecule has 6 atom stereocenters. The molecule has 362 valence electrons. The molecule has 2 aliphatic carbocycles. The van der Waals surface area contributed by atoms with Gasteiger partial charge in [-0.05, 0) is 68.9 Å². The highest BCUT2D eigenvalue weighted by Gasteiger charge is 2.61. The zero-order chi connectivity index (χ0) is 47.7. The number of benzene rings is 1. The molecule has 4 fully saturated rings. The summed E-state index contributed by atoms with van der Waals surface area (Å²) < 4.78 is 41.6. The Morgan fingerprint density at radius 2 is 1.76 bits per heavy atom. The van der Waals surface area contributed by atoms with E-state index in [1.165, 1.54) is 24.8 Å². The smallest absolute Gasteiger partial charge is 0.329 e. The lowest BCUT2D eigenvalue weighted by Gasteiger charge is -2.39. The molecule has 4 aliphatic rings. The molecule has 2 aromatic heterocycles. The molecule has 1 aromatic carbocycles. The van der Waals surface area contributed by atoms with Crippen LogP contribution in [0.1, 0.15) is 99.3 Å². The molecule has 2 saturated carbocycles. The number of carboxylic acid groups (broad SMARTS) is 1. The van der Waals surface area contributed by atoms with Crippen LogP contribution in [0.4, 0.5) is 9.93 Å². The maximum absolute atomic E-state index is 15.3. The van der Waals surface area contributed by atoms with Crippen LogP contribution < -0.4 is 30.7 Å². The average molecular weight is 954 g/mol. The SMILES string of the molecule is CCC1C[C@]1(NC(=O)[C@@H]1C[C@@H](Oc2cc(-c3csc(NC(C)C)n3)nc3cc(OC)ccc23)CN1C(=O)[C@@H](NC(=O)NC(CN1CCCN(C)S1(=O)=O)C(C)(C)C)C1CCCCC1)C(=O)O. The third-order valence-electron chi connectivity index (χ3n) is 13.6. The van der Waals surface area contributed by atoms with Crippen molar-refractivity contribution in [3.63, 3.8) is 0 Å². The number of carbonyl (C=O) groups excluding carboxylic acids is 3. The predicted octanol–water partition coefficient (Wildman–Crippen LogP) is 5.45. The Kier molecular flexibility index (Phi) is 14.7. The molecule has 0 radical (unpaired) electrons. The summed E-state index contributed by atoms with van der Waals surface area (Å²) in [6.07, 6.45) is 4.84. The molecule has 66 heavy (non-hydrogen) atoms. The van der Waals surface area contributed by atoms with E-state index in [0.717, 1.165) is 24.4 Å². The molecule has 4 heterocycles. The number of methoxy groups -OCH3 is 1. The van der Waals surface area contributed by atoms with Crippen molar-refractivity contribution in [3.8, 4) is 22.9 Å². The Balaban J connectivity index is 1.20. The number of pyridine rings is 1. The number of rotatable bonds is 16. The minimum Gasteiger partial charge on any atom is -0.497 e. The van der Waals surface area contributed by atoms with Gasteiger partial charge in [-0.2, -0.15) is 17.0 Å². The number of aromatic nitrogens is 2. The lowest BCUT2D eigenvalue weighted by molar-refractivity contribution is -0.146. The molecule has 18 nitrogen and oxygen atoms in total. The van der Waals surface area contributed by atoms with Gasteiger partial charge in [-0.15, -0.1) is 11.3 Å². The van der Waals surface area contributed by atoms with Gasteiger partial charge in [-0.25, -0.2) is 19.6 Å². The fourth-order valence-electron chi connectivity index (χ4n) is 9.58. The highest BCUT2D eigenvalue weighted by atomic mass is 32.2. The number of anilines is 1. The van der Waals surface area contributed by atoms with Gasteiger partial charge in [-0.3, -0.25) is 9.59 Å². The number of urea groups is 1. The maximum atomic E-state index is 15.3. The number of nitrogens with one attached hydrogen (secondary N) is 4. The van der Waals surface area contributed by atoms with Gasteiger partial charge in [0.25, 0.3) is 10.2 Å². The Bertz CT molecular complexity index is 2380. The summed E-state index contributed by atoms with van der Waals surface area (Å²) in [6.45, 7) is 12.5. The largest absolute Gasteiger partial charge is 0.497 e. The first-order chi connectivity index (χ1) is 31.2. The molecule has 2 unspecified atom stereocenters.